The number of rotatable bonds is 8. The zero-order chi connectivity index (χ0) is 19.3. The Bertz CT molecular complexity index is 871. The molecule has 1 aromatic heterocycles. The molecule has 1 aliphatic heterocycles. The summed E-state index contributed by atoms with van der Waals surface area (Å²) < 4.78 is 28.1. The van der Waals surface area contributed by atoms with Crippen LogP contribution in [0.4, 0.5) is 0 Å². The lowest BCUT2D eigenvalue weighted by Crippen LogP contribution is -2.46. The third kappa shape index (κ3) is 5.35. The highest BCUT2D eigenvalue weighted by Gasteiger charge is 2.39. The summed E-state index contributed by atoms with van der Waals surface area (Å²) in [6.45, 7) is 0.920. The molecule has 2 aromatic rings. The summed E-state index contributed by atoms with van der Waals surface area (Å²) >= 11 is 6.91. The van der Waals surface area contributed by atoms with Gasteiger partial charge in [0.15, 0.2) is 0 Å². The van der Waals surface area contributed by atoms with Crippen molar-refractivity contribution in [3.8, 4) is 0 Å². The molecule has 1 aliphatic rings. The Labute approximate surface area is 176 Å². The number of amides is 1. The molecular formula is C18H21BrN2O3S3. The van der Waals surface area contributed by atoms with Crippen molar-refractivity contribution in [1.29, 1.82) is 0 Å². The van der Waals surface area contributed by atoms with E-state index in [1.807, 2.05) is 6.07 Å². The highest BCUT2D eigenvalue weighted by Crippen LogP contribution is 2.27. The second-order valence-corrected chi connectivity index (χ2v) is 11.7. The number of hydrogen-bond donors (Lipinski definition) is 1. The molecule has 5 nitrogen and oxygen atoms in total. The molecule has 0 radical (unpaired) electrons. The summed E-state index contributed by atoms with van der Waals surface area (Å²) in [6.07, 6.45) is 1.26. The Morgan fingerprint density at radius 1 is 1.26 bits per heavy atom. The van der Waals surface area contributed by atoms with Crippen molar-refractivity contribution in [1.82, 2.24) is 9.62 Å². The van der Waals surface area contributed by atoms with Crippen LogP contribution in [-0.2, 0) is 20.6 Å². The number of carbonyl (C=O) groups is 1. The van der Waals surface area contributed by atoms with Crippen LogP contribution in [0.1, 0.15) is 17.7 Å². The number of nitrogens with zero attached hydrogens (tertiary/aromatic N) is 1. The molecule has 1 fully saturated rings. The molecule has 1 saturated heterocycles. The molecule has 0 spiro atoms. The van der Waals surface area contributed by atoms with Gasteiger partial charge in [-0.3, -0.25) is 4.79 Å². The second-order valence-electron chi connectivity index (χ2n) is 6.14. The Morgan fingerprint density at radius 2 is 2.04 bits per heavy atom. The van der Waals surface area contributed by atoms with E-state index >= 15 is 0 Å². The van der Waals surface area contributed by atoms with E-state index in [0.717, 1.165) is 15.3 Å². The Balaban J connectivity index is 1.50. The predicted molar refractivity (Wildman–Crippen MR) is 115 cm³/mol. The molecular weight excluding hydrogens is 468 g/mol. The van der Waals surface area contributed by atoms with Gasteiger partial charge in [0.05, 0.1) is 8.68 Å². The fourth-order valence-electron chi connectivity index (χ4n) is 2.98. The first-order valence-corrected chi connectivity index (χ1v) is 12.9. The average Bonchev–Trinajstić information content (AvgIpc) is 3.31. The summed E-state index contributed by atoms with van der Waals surface area (Å²) in [7, 11) is -3.64. The quantitative estimate of drug-likeness (QED) is 0.575. The van der Waals surface area contributed by atoms with Crippen LogP contribution in [0.5, 0.6) is 0 Å². The van der Waals surface area contributed by atoms with E-state index < -0.39 is 16.1 Å². The lowest BCUT2D eigenvalue weighted by molar-refractivity contribution is -0.124. The van der Waals surface area contributed by atoms with Crippen molar-refractivity contribution in [2.45, 2.75) is 29.5 Å². The lowest BCUT2D eigenvalue weighted by Gasteiger charge is -2.23. The number of carbonyl (C=O) groups excluding carboxylic acids is 1. The van der Waals surface area contributed by atoms with Crippen LogP contribution in [0.25, 0.3) is 0 Å². The van der Waals surface area contributed by atoms with Gasteiger partial charge in [0.2, 0.25) is 15.9 Å². The maximum absolute atomic E-state index is 12.8. The molecule has 2 heterocycles. The predicted octanol–water partition coefficient (Wildman–Crippen LogP) is 3.71. The number of halogens is 1. The number of thiophene rings is 1. The van der Waals surface area contributed by atoms with Gasteiger partial charge in [-0.25, -0.2) is 8.42 Å². The first kappa shape index (κ1) is 20.9. The van der Waals surface area contributed by atoms with E-state index in [9.17, 15) is 13.2 Å². The molecule has 0 bridgehead atoms. The first-order valence-electron chi connectivity index (χ1n) is 8.65. The smallest absolute Gasteiger partial charge is 0.243 e. The number of thioether (sulfide) groups is 1. The SMILES string of the molecule is O=C(NCCSCc1ccc(Br)s1)C1CCCN1S(=O)(=O)c1ccccc1. The summed E-state index contributed by atoms with van der Waals surface area (Å²) in [4.78, 5) is 14.1. The summed E-state index contributed by atoms with van der Waals surface area (Å²) in [6, 6.07) is 11.8. The molecule has 146 valence electrons. The second kappa shape index (κ2) is 9.56. The van der Waals surface area contributed by atoms with Crippen LogP contribution in [0.3, 0.4) is 0 Å². The molecule has 0 saturated carbocycles. The maximum atomic E-state index is 12.8. The molecule has 1 unspecified atom stereocenters. The van der Waals surface area contributed by atoms with Crippen LogP contribution in [0, 0.1) is 0 Å². The Hall–Kier alpha value is -0.870. The van der Waals surface area contributed by atoms with Gasteiger partial charge in [0, 0.05) is 29.5 Å². The van der Waals surface area contributed by atoms with Gasteiger partial charge in [-0.1, -0.05) is 18.2 Å². The molecule has 0 aliphatic carbocycles. The monoisotopic (exact) mass is 488 g/mol. The molecule has 1 aromatic carbocycles. The zero-order valence-corrected chi connectivity index (χ0v) is 18.7. The number of nitrogens with one attached hydrogen (secondary N) is 1. The molecule has 3 rings (SSSR count). The van der Waals surface area contributed by atoms with Gasteiger partial charge in [-0.15, -0.1) is 11.3 Å². The largest absolute Gasteiger partial charge is 0.354 e. The van der Waals surface area contributed by atoms with Crippen molar-refractivity contribution in [2.24, 2.45) is 0 Å². The number of hydrogen-bond acceptors (Lipinski definition) is 5. The minimum absolute atomic E-state index is 0.202. The number of benzene rings is 1. The van der Waals surface area contributed by atoms with Gasteiger partial charge in [0.1, 0.15) is 6.04 Å². The average molecular weight is 489 g/mol. The van der Waals surface area contributed by atoms with Crippen LogP contribution < -0.4 is 5.32 Å². The van der Waals surface area contributed by atoms with Crippen molar-refractivity contribution in [3.63, 3.8) is 0 Å². The maximum Gasteiger partial charge on any atom is 0.243 e. The normalized spacial score (nSPS) is 17.9. The van der Waals surface area contributed by atoms with E-state index in [1.54, 1.807) is 53.4 Å². The van der Waals surface area contributed by atoms with Crippen molar-refractivity contribution in [3.05, 3.63) is 51.1 Å². The Morgan fingerprint density at radius 3 is 2.74 bits per heavy atom. The molecule has 1 N–H and O–H groups in total. The summed E-state index contributed by atoms with van der Waals surface area (Å²) in [5.41, 5.74) is 0. The first-order chi connectivity index (χ1) is 13.0. The molecule has 1 amide bonds. The van der Waals surface area contributed by atoms with E-state index in [0.29, 0.717) is 25.9 Å². The minimum Gasteiger partial charge on any atom is -0.354 e. The van der Waals surface area contributed by atoms with Gasteiger partial charge in [-0.05, 0) is 53.0 Å². The van der Waals surface area contributed by atoms with E-state index in [2.05, 4.69) is 27.3 Å². The topological polar surface area (TPSA) is 66.5 Å². The fourth-order valence-corrected chi connectivity index (χ4v) is 7.11. The number of sulfonamides is 1. The summed E-state index contributed by atoms with van der Waals surface area (Å²) in [5, 5.41) is 2.90. The van der Waals surface area contributed by atoms with Gasteiger partial charge in [0.25, 0.3) is 0 Å². The van der Waals surface area contributed by atoms with Crippen molar-refractivity contribution >= 4 is 55.0 Å². The third-order valence-corrected chi connectivity index (χ3v) is 9.01. The summed E-state index contributed by atoms with van der Waals surface area (Å²) in [5.74, 6) is 1.50. The van der Waals surface area contributed by atoms with Crippen LogP contribution >= 0.6 is 39.0 Å². The lowest BCUT2D eigenvalue weighted by atomic mass is 10.2. The highest BCUT2D eigenvalue weighted by atomic mass is 79.9. The van der Waals surface area contributed by atoms with Crippen LogP contribution in [0.2, 0.25) is 0 Å². The van der Waals surface area contributed by atoms with E-state index in [1.165, 1.54) is 9.18 Å². The third-order valence-electron chi connectivity index (χ3n) is 4.27. The van der Waals surface area contributed by atoms with Gasteiger partial charge >= 0.3 is 0 Å². The van der Waals surface area contributed by atoms with E-state index in [-0.39, 0.29) is 10.8 Å². The van der Waals surface area contributed by atoms with Gasteiger partial charge < -0.3 is 5.32 Å². The zero-order valence-electron chi connectivity index (χ0n) is 14.6. The molecule has 9 heteroatoms. The van der Waals surface area contributed by atoms with Crippen molar-refractivity contribution in [2.75, 3.05) is 18.8 Å². The Kier molecular flexibility index (Phi) is 7.38. The highest BCUT2D eigenvalue weighted by molar-refractivity contribution is 9.11. The van der Waals surface area contributed by atoms with Crippen LogP contribution in [0.15, 0.2) is 51.1 Å². The van der Waals surface area contributed by atoms with Gasteiger partial charge in [-0.2, -0.15) is 16.1 Å². The fraction of sp³-hybridized carbons (Fsp3) is 0.389. The van der Waals surface area contributed by atoms with E-state index in [4.69, 9.17) is 0 Å². The molecule has 27 heavy (non-hydrogen) atoms. The van der Waals surface area contributed by atoms with Crippen LogP contribution in [-0.4, -0.2) is 43.5 Å². The van der Waals surface area contributed by atoms with Crippen molar-refractivity contribution < 1.29 is 13.2 Å². The molecule has 1 atom stereocenters. The standard InChI is InChI=1S/C18H21BrN2O3S3/c19-17-9-8-14(26-17)13-25-12-10-20-18(22)16-7-4-11-21(16)27(23,24)15-5-2-1-3-6-15/h1-3,5-6,8-9,16H,4,7,10-13H2,(H,20,22). The minimum atomic E-state index is -3.64.